The van der Waals surface area contributed by atoms with E-state index in [0.29, 0.717) is 34.9 Å². The van der Waals surface area contributed by atoms with Crippen molar-refractivity contribution in [2.45, 2.75) is 13.5 Å². The van der Waals surface area contributed by atoms with Crippen molar-refractivity contribution in [3.05, 3.63) is 77.0 Å². The molecule has 28 heavy (non-hydrogen) atoms. The van der Waals surface area contributed by atoms with E-state index in [1.54, 1.807) is 38.3 Å². The summed E-state index contributed by atoms with van der Waals surface area (Å²) in [7, 11) is 0. The zero-order chi connectivity index (χ0) is 19.3. The van der Waals surface area contributed by atoms with Gasteiger partial charge < -0.3 is 10.3 Å². The molecule has 5 aromatic rings. The Morgan fingerprint density at radius 3 is 2.79 bits per heavy atom. The number of aryl methyl sites for hydroxylation is 1. The number of anilines is 1. The van der Waals surface area contributed by atoms with Crippen LogP contribution in [0.15, 0.2) is 60.0 Å². The molecule has 0 spiro atoms. The maximum Gasteiger partial charge on any atom is 0.282 e. The van der Waals surface area contributed by atoms with Crippen LogP contribution >= 0.6 is 0 Å². The zero-order valence-corrected chi connectivity index (χ0v) is 15.0. The second-order valence-corrected chi connectivity index (χ2v) is 6.48. The first-order valence-electron chi connectivity index (χ1n) is 8.70. The molecule has 0 bridgehead atoms. The first-order valence-corrected chi connectivity index (χ1v) is 8.70. The summed E-state index contributed by atoms with van der Waals surface area (Å²) in [4.78, 5) is 25.8. The van der Waals surface area contributed by atoms with Crippen molar-refractivity contribution in [1.82, 2.24) is 33.7 Å². The summed E-state index contributed by atoms with van der Waals surface area (Å²) in [5.74, 6) is 0.869. The van der Waals surface area contributed by atoms with Crippen molar-refractivity contribution < 1.29 is 0 Å². The predicted octanol–water partition coefficient (Wildman–Crippen LogP) is 1.56. The molecule has 138 valence electrons. The van der Waals surface area contributed by atoms with E-state index >= 15 is 0 Å². The van der Waals surface area contributed by atoms with Gasteiger partial charge in [-0.1, -0.05) is 18.2 Å². The molecule has 0 atom stereocenters. The summed E-state index contributed by atoms with van der Waals surface area (Å²) in [6, 6.07) is 11.3. The van der Waals surface area contributed by atoms with Crippen molar-refractivity contribution in [3.63, 3.8) is 0 Å². The van der Waals surface area contributed by atoms with E-state index in [-0.39, 0.29) is 5.56 Å². The number of nitrogen functional groups attached to an aromatic ring is 1. The summed E-state index contributed by atoms with van der Waals surface area (Å²) in [6.45, 7) is 2.26. The molecule has 4 heterocycles. The van der Waals surface area contributed by atoms with Crippen LogP contribution in [0.3, 0.4) is 0 Å². The van der Waals surface area contributed by atoms with Gasteiger partial charge in [-0.15, -0.1) is 0 Å². The molecule has 1 aromatic carbocycles. The number of fused-ring (bicyclic) bond motifs is 2. The molecule has 0 unspecified atom stereocenters. The van der Waals surface area contributed by atoms with Crippen LogP contribution in [0.1, 0.15) is 11.4 Å². The Bertz CT molecular complexity index is 1390. The van der Waals surface area contributed by atoms with Gasteiger partial charge in [0.2, 0.25) is 0 Å². The highest BCUT2D eigenvalue weighted by atomic mass is 16.1. The quantitative estimate of drug-likeness (QED) is 0.515. The average Bonchev–Trinajstić information content (AvgIpc) is 3.32. The average molecular weight is 372 g/mol. The Labute approximate surface area is 158 Å². The lowest BCUT2D eigenvalue weighted by atomic mass is 10.2. The fourth-order valence-electron chi connectivity index (χ4n) is 3.36. The topological polar surface area (TPSA) is 109 Å². The summed E-state index contributed by atoms with van der Waals surface area (Å²) in [5, 5.41) is 4.67. The number of hydrogen-bond acceptors (Lipinski definition) is 6. The van der Waals surface area contributed by atoms with E-state index in [4.69, 9.17) is 5.73 Å². The minimum atomic E-state index is -0.136. The highest BCUT2D eigenvalue weighted by Crippen LogP contribution is 2.18. The van der Waals surface area contributed by atoms with E-state index < -0.39 is 0 Å². The summed E-state index contributed by atoms with van der Waals surface area (Å²) in [5.41, 5.74) is 9.14. The number of rotatable bonds is 3. The molecule has 0 amide bonds. The highest BCUT2D eigenvalue weighted by molar-refractivity contribution is 5.81. The number of para-hydroxylation sites is 1. The number of nitrogens with two attached hydrogens (primary N) is 1. The number of nitrogens with zero attached hydrogens (tertiary/aromatic N) is 7. The van der Waals surface area contributed by atoms with Gasteiger partial charge in [0.15, 0.2) is 17.3 Å². The Morgan fingerprint density at radius 1 is 1.07 bits per heavy atom. The summed E-state index contributed by atoms with van der Waals surface area (Å²) >= 11 is 0. The second-order valence-electron chi connectivity index (χ2n) is 6.48. The third-order valence-electron chi connectivity index (χ3n) is 4.73. The second kappa shape index (κ2) is 6.02. The largest absolute Gasteiger partial charge is 0.382 e. The molecule has 0 radical (unpaired) electrons. The van der Waals surface area contributed by atoms with Gasteiger partial charge in [0.05, 0.1) is 18.6 Å². The first kappa shape index (κ1) is 16.2. The molecule has 9 heteroatoms. The van der Waals surface area contributed by atoms with Gasteiger partial charge in [-0.2, -0.15) is 5.10 Å². The summed E-state index contributed by atoms with van der Waals surface area (Å²) < 4.78 is 5.04. The lowest BCUT2D eigenvalue weighted by molar-refractivity contribution is 0.669. The smallest absolute Gasteiger partial charge is 0.282 e. The van der Waals surface area contributed by atoms with E-state index in [1.165, 1.54) is 6.33 Å². The Balaban J connectivity index is 1.76. The Kier molecular flexibility index (Phi) is 3.48. The molecule has 0 saturated carbocycles. The van der Waals surface area contributed by atoms with Gasteiger partial charge in [-0.05, 0) is 30.7 Å². The third-order valence-corrected chi connectivity index (χ3v) is 4.73. The molecule has 4 aromatic heterocycles. The molecule has 5 rings (SSSR count). The van der Waals surface area contributed by atoms with Crippen molar-refractivity contribution in [2.75, 3.05) is 5.73 Å². The number of hydrogen-bond donors (Lipinski definition) is 1. The molecule has 0 aliphatic carbocycles. The Hall–Kier alpha value is -4.01. The van der Waals surface area contributed by atoms with Gasteiger partial charge in [0.1, 0.15) is 17.4 Å². The molecule has 0 fully saturated rings. The fraction of sp³-hybridized carbons (Fsp3) is 0.105. The van der Waals surface area contributed by atoms with Crippen LogP contribution in [0.2, 0.25) is 0 Å². The first-order chi connectivity index (χ1) is 13.6. The summed E-state index contributed by atoms with van der Waals surface area (Å²) in [6.07, 6.45) is 4.78. The Morgan fingerprint density at radius 2 is 1.93 bits per heavy atom. The minimum Gasteiger partial charge on any atom is -0.382 e. The SMILES string of the molecule is Cc1ccccc1-n1c(Cn2cnc3c(N)ncnc32)nn2cccc2c1=O. The van der Waals surface area contributed by atoms with Crippen molar-refractivity contribution >= 4 is 22.5 Å². The molecular weight excluding hydrogens is 356 g/mol. The van der Waals surface area contributed by atoms with Crippen LogP contribution in [0.4, 0.5) is 5.82 Å². The van der Waals surface area contributed by atoms with E-state index in [2.05, 4.69) is 20.1 Å². The molecule has 0 saturated heterocycles. The van der Waals surface area contributed by atoms with Crippen LogP contribution in [0.5, 0.6) is 0 Å². The molecule has 2 N–H and O–H groups in total. The minimum absolute atomic E-state index is 0.136. The van der Waals surface area contributed by atoms with Gasteiger partial charge in [0.25, 0.3) is 5.56 Å². The van der Waals surface area contributed by atoms with E-state index in [1.807, 2.05) is 31.2 Å². The van der Waals surface area contributed by atoms with E-state index in [0.717, 1.165) is 11.3 Å². The normalized spacial score (nSPS) is 11.5. The van der Waals surface area contributed by atoms with E-state index in [9.17, 15) is 4.79 Å². The van der Waals surface area contributed by atoms with Crippen LogP contribution in [-0.2, 0) is 6.54 Å². The predicted molar refractivity (Wildman–Crippen MR) is 104 cm³/mol. The number of benzene rings is 1. The molecule has 9 nitrogen and oxygen atoms in total. The maximum absolute atomic E-state index is 13.2. The van der Waals surface area contributed by atoms with Crippen LogP contribution in [0.25, 0.3) is 22.4 Å². The highest BCUT2D eigenvalue weighted by Gasteiger charge is 2.16. The van der Waals surface area contributed by atoms with Gasteiger partial charge in [-0.3, -0.25) is 9.36 Å². The van der Waals surface area contributed by atoms with Crippen molar-refractivity contribution in [2.24, 2.45) is 0 Å². The third kappa shape index (κ3) is 2.37. The van der Waals surface area contributed by atoms with Crippen LogP contribution < -0.4 is 11.3 Å². The monoisotopic (exact) mass is 372 g/mol. The standard InChI is InChI=1S/C19H16N8O/c1-12-5-2-3-6-13(12)27-15(24-26-8-4-7-14(26)19(27)28)9-25-11-23-16-17(20)21-10-22-18(16)25/h2-8,10-11H,9H2,1H3,(H2,20,21,22). The van der Waals surface area contributed by atoms with Gasteiger partial charge >= 0.3 is 0 Å². The number of aromatic nitrogens is 7. The molecule has 0 aliphatic heterocycles. The van der Waals surface area contributed by atoms with Crippen molar-refractivity contribution in [3.8, 4) is 5.69 Å². The fourth-order valence-corrected chi connectivity index (χ4v) is 3.36. The van der Waals surface area contributed by atoms with Crippen LogP contribution in [0, 0.1) is 6.92 Å². The number of imidazole rings is 1. The lowest BCUT2D eigenvalue weighted by Gasteiger charge is -2.15. The zero-order valence-electron chi connectivity index (χ0n) is 15.0. The maximum atomic E-state index is 13.2. The van der Waals surface area contributed by atoms with Gasteiger partial charge in [0, 0.05) is 6.20 Å². The van der Waals surface area contributed by atoms with Crippen molar-refractivity contribution in [1.29, 1.82) is 0 Å². The van der Waals surface area contributed by atoms with Gasteiger partial charge in [-0.25, -0.2) is 19.5 Å². The lowest BCUT2D eigenvalue weighted by Crippen LogP contribution is -2.27. The van der Waals surface area contributed by atoms with Crippen LogP contribution in [-0.4, -0.2) is 33.7 Å². The molecule has 0 aliphatic rings. The molecular formula is C19H16N8O.